The fourth-order valence-electron chi connectivity index (χ4n) is 2.05. The lowest BCUT2D eigenvalue weighted by atomic mass is 10.2. The van der Waals surface area contributed by atoms with Crippen LogP contribution in [0.1, 0.15) is 5.56 Å². The summed E-state index contributed by atoms with van der Waals surface area (Å²) < 4.78 is 9.87. The molecular formula is C14H14N4O2. The van der Waals surface area contributed by atoms with E-state index in [2.05, 4.69) is 15.6 Å². The summed E-state index contributed by atoms with van der Waals surface area (Å²) in [5, 5.41) is 11.0. The van der Waals surface area contributed by atoms with Crippen LogP contribution in [0, 0.1) is 0 Å². The van der Waals surface area contributed by atoms with Gasteiger partial charge in [-0.3, -0.25) is 0 Å². The molecule has 0 aliphatic heterocycles. The Hall–Kier alpha value is -2.60. The van der Waals surface area contributed by atoms with Crippen LogP contribution < -0.4 is 11.1 Å². The van der Waals surface area contributed by atoms with Gasteiger partial charge in [0, 0.05) is 12.8 Å². The smallest absolute Gasteiger partial charge is 0.160 e. The van der Waals surface area contributed by atoms with Gasteiger partial charge in [-0.25, -0.2) is 4.63 Å². The summed E-state index contributed by atoms with van der Waals surface area (Å²) in [5.74, 6) is 0. The van der Waals surface area contributed by atoms with E-state index >= 15 is 0 Å². The first-order valence-electron chi connectivity index (χ1n) is 6.13. The first-order chi connectivity index (χ1) is 9.78. The predicted molar refractivity (Wildman–Crippen MR) is 76.7 cm³/mol. The molecule has 0 aliphatic rings. The van der Waals surface area contributed by atoms with E-state index in [1.54, 1.807) is 13.2 Å². The molecule has 1 aromatic heterocycles. The van der Waals surface area contributed by atoms with Gasteiger partial charge in [0.1, 0.15) is 0 Å². The maximum atomic E-state index is 5.82. The quantitative estimate of drug-likeness (QED) is 0.709. The molecule has 102 valence electrons. The zero-order valence-corrected chi connectivity index (χ0v) is 11.0. The number of fused-ring (bicyclic) bond motifs is 1. The molecule has 3 N–H and O–H groups in total. The number of methoxy groups -OCH3 is 1. The highest BCUT2D eigenvalue weighted by Crippen LogP contribution is 2.28. The van der Waals surface area contributed by atoms with Gasteiger partial charge in [0.15, 0.2) is 11.0 Å². The topological polar surface area (TPSA) is 86.2 Å². The number of nitrogens with two attached hydrogens (primary N) is 1. The van der Waals surface area contributed by atoms with Crippen molar-refractivity contribution < 1.29 is 9.37 Å². The Morgan fingerprint density at radius 2 is 2.05 bits per heavy atom. The third-order valence-electron chi connectivity index (χ3n) is 2.96. The number of rotatable bonds is 4. The molecule has 2 aromatic carbocycles. The second-order valence-electron chi connectivity index (χ2n) is 4.42. The largest absolute Gasteiger partial charge is 0.397 e. The van der Waals surface area contributed by atoms with E-state index in [0.717, 1.165) is 16.9 Å². The Bertz CT molecular complexity index is 739. The second kappa shape index (κ2) is 5.18. The number of aromatic nitrogens is 2. The number of nitrogens with zero attached hydrogens (tertiary/aromatic N) is 2. The molecule has 0 saturated heterocycles. The Morgan fingerprint density at radius 1 is 1.20 bits per heavy atom. The Kier molecular flexibility index (Phi) is 3.22. The van der Waals surface area contributed by atoms with Crippen LogP contribution in [0.25, 0.3) is 11.0 Å². The fraction of sp³-hybridized carbons (Fsp3) is 0.143. The van der Waals surface area contributed by atoms with Gasteiger partial charge in [-0.2, -0.15) is 0 Å². The van der Waals surface area contributed by atoms with E-state index in [1.807, 2.05) is 30.3 Å². The molecule has 3 aromatic rings. The zero-order chi connectivity index (χ0) is 13.9. The van der Waals surface area contributed by atoms with Crippen molar-refractivity contribution in [1.29, 1.82) is 0 Å². The number of nitrogens with one attached hydrogen (secondary N) is 1. The summed E-state index contributed by atoms with van der Waals surface area (Å²) in [6.45, 7) is 0.568. The molecule has 0 radical (unpaired) electrons. The molecule has 0 fully saturated rings. The molecule has 3 rings (SSSR count). The van der Waals surface area contributed by atoms with Crippen molar-refractivity contribution in [3.05, 3.63) is 42.0 Å². The van der Waals surface area contributed by atoms with Crippen molar-refractivity contribution in [1.82, 2.24) is 10.3 Å². The van der Waals surface area contributed by atoms with Crippen molar-refractivity contribution >= 4 is 28.1 Å². The Labute approximate surface area is 115 Å². The maximum Gasteiger partial charge on any atom is 0.160 e. The molecule has 0 saturated carbocycles. The molecular weight excluding hydrogens is 256 g/mol. The summed E-state index contributed by atoms with van der Waals surface area (Å²) in [4.78, 5) is 0. The van der Waals surface area contributed by atoms with Crippen molar-refractivity contribution in [2.24, 2.45) is 0 Å². The van der Waals surface area contributed by atoms with Crippen molar-refractivity contribution in [2.75, 3.05) is 18.2 Å². The molecule has 0 spiro atoms. The van der Waals surface area contributed by atoms with Gasteiger partial charge >= 0.3 is 0 Å². The molecule has 0 aliphatic carbocycles. The Morgan fingerprint density at radius 3 is 2.90 bits per heavy atom. The highest BCUT2D eigenvalue weighted by Gasteiger charge is 2.10. The molecule has 0 bridgehead atoms. The van der Waals surface area contributed by atoms with Gasteiger partial charge in [0.25, 0.3) is 0 Å². The molecule has 6 nitrogen and oxygen atoms in total. The monoisotopic (exact) mass is 270 g/mol. The van der Waals surface area contributed by atoms with E-state index in [9.17, 15) is 0 Å². The number of ether oxygens (including phenoxy) is 1. The fourth-order valence-corrected chi connectivity index (χ4v) is 2.05. The first kappa shape index (κ1) is 12.4. The highest BCUT2D eigenvalue weighted by molar-refractivity contribution is 5.96. The third kappa shape index (κ3) is 2.28. The van der Waals surface area contributed by atoms with E-state index in [0.29, 0.717) is 23.3 Å². The lowest BCUT2D eigenvalue weighted by Crippen LogP contribution is -1.95. The van der Waals surface area contributed by atoms with Gasteiger partial charge in [-0.1, -0.05) is 12.1 Å². The number of benzene rings is 2. The second-order valence-corrected chi connectivity index (χ2v) is 4.42. The van der Waals surface area contributed by atoms with Crippen LogP contribution in [0.15, 0.2) is 41.0 Å². The van der Waals surface area contributed by atoms with E-state index in [-0.39, 0.29) is 0 Å². The van der Waals surface area contributed by atoms with Crippen LogP contribution in [0.4, 0.5) is 17.1 Å². The summed E-state index contributed by atoms with van der Waals surface area (Å²) >= 11 is 0. The first-order valence-corrected chi connectivity index (χ1v) is 6.13. The maximum absolute atomic E-state index is 5.82. The van der Waals surface area contributed by atoms with Gasteiger partial charge in [0.2, 0.25) is 0 Å². The number of hydrogen-bond donors (Lipinski definition) is 2. The molecule has 0 unspecified atom stereocenters. The normalized spacial score (nSPS) is 10.8. The molecule has 6 heteroatoms. The number of hydrogen-bond acceptors (Lipinski definition) is 6. The van der Waals surface area contributed by atoms with Crippen LogP contribution >= 0.6 is 0 Å². The van der Waals surface area contributed by atoms with E-state index in [1.165, 1.54) is 0 Å². The number of anilines is 3. The summed E-state index contributed by atoms with van der Waals surface area (Å²) in [6.07, 6.45) is 0. The number of nitrogen functional groups attached to an aromatic ring is 1. The highest BCUT2D eigenvalue weighted by atomic mass is 16.6. The standard InChI is InChI=1S/C14H14N4O2/c1-19-8-9-3-2-4-10(7-9)16-12-6-5-11(15)13-14(12)18-20-17-13/h2-7,16H,8,15H2,1H3. The van der Waals surface area contributed by atoms with Crippen LogP contribution in [0.2, 0.25) is 0 Å². The molecule has 1 heterocycles. The minimum Gasteiger partial charge on any atom is -0.397 e. The zero-order valence-electron chi connectivity index (χ0n) is 11.0. The van der Waals surface area contributed by atoms with Crippen LogP contribution in [0.5, 0.6) is 0 Å². The summed E-state index contributed by atoms with van der Waals surface area (Å²) in [5.41, 5.74) is 10.4. The average Bonchev–Trinajstić information content (AvgIpc) is 2.93. The minimum absolute atomic E-state index is 0.542. The van der Waals surface area contributed by atoms with Crippen LogP contribution in [-0.2, 0) is 11.3 Å². The lowest BCUT2D eigenvalue weighted by molar-refractivity contribution is 0.185. The van der Waals surface area contributed by atoms with Gasteiger partial charge in [0.05, 0.1) is 18.0 Å². The van der Waals surface area contributed by atoms with Crippen molar-refractivity contribution in [3.8, 4) is 0 Å². The van der Waals surface area contributed by atoms with Gasteiger partial charge < -0.3 is 15.8 Å². The summed E-state index contributed by atoms with van der Waals surface area (Å²) in [6, 6.07) is 11.6. The van der Waals surface area contributed by atoms with Crippen LogP contribution in [-0.4, -0.2) is 17.4 Å². The molecule has 20 heavy (non-hydrogen) atoms. The van der Waals surface area contributed by atoms with Crippen LogP contribution in [0.3, 0.4) is 0 Å². The SMILES string of the molecule is COCc1cccc(Nc2ccc(N)c3nonc23)c1. The van der Waals surface area contributed by atoms with E-state index in [4.69, 9.17) is 15.1 Å². The van der Waals surface area contributed by atoms with Gasteiger partial charge in [-0.15, -0.1) is 0 Å². The lowest BCUT2D eigenvalue weighted by Gasteiger charge is -2.08. The molecule has 0 amide bonds. The minimum atomic E-state index is 0.542. The Balaban J connectivity index is 1.95. The van der Waals surface area contributed by atoms with Gasteiger partial charge in [-0.05, 0) is 40.1 Å². The summed E-state index contributed by atoms with van der Waals surface area (Å²) in [7, 11) is 1.67. The predicted octanol–water partition coefficient (Wildman–Crippen LogP) is 2.70. The third-order valence-corrected chi connectivity index (χ3v) is 2.96. The van der Waals surface area contributed by atoms with Crippen molar-refractivity contribution in [3.63, 3.8) is 0 Å². The molecule has 0 atom stereocenters. The van der Waals surface area contributed by atoms with Crippen molar-refractivity contribution in [2.45, 2.75) is 6.61 Å². The van der Waals surface area contributed by atoms with E-state index < -0.39 is 0 Å². The average molecular weight is 270 g/mol.